The largest absolute Gasteiger partial charge is 0.293 e. The molecule has 1 rings (SSSR count). The Bertz CT molecular complexity index is 457. The lowest BCUT2D eigenvalue weighted by atomic mass is 9.85. The molecule has 0 unspecified atom stereocenters. The predicted molar refractivity (Wildman–Crippen MR) is 99.9 cm³/mol. The molecule has 0 aliphatic rings. The molecule has 0 fully saturated rings. The lowest BCUT2D eigenvalue weighted by molar-refractivity contribution is 0.590. The van der Waals surface area contributed by atoms with Gasteiger partial charge in [-0.3, -0.25) is 9.98 Å². The number of benzene rings is 1. The summed E-state index contributed by atoms with van der Waals surface area (Å²) in [6.45, 7) is 13.0. The molecule has 0 saturated heterocycles. The molecule has 22 heavy (non-hydrogen) atoms. The maximum atomic E-state index is 4.54. The molecule has 2 heteroatoms. The molecule has 1 aromatic rings. The van der Waals surface area contributed by atoms with Gasteiger partial charge in [0.15, 0.2) is 0 Å². The molecule has 0 amide bonds. The summed E-state index contributed by atoms with van der Waals surface area (Å²) in [7, 11) is 0. The third-order valence-electron chi connectivity index (χ3n) is 3.61. The van der Waals surface area contributed by atoms with Crippen LogP contribution in [0.5, 0.6) is 0 Å². The van der Waals surface area contributed by atoms with Crippen LogP contribution in [0.25, 0.3) is 0 Å². The SMILES string of the molecule is CCCCN=Cc1cc(C=NCCCC)cc(C(C)(C)C)c1. The average molecular weight is 300 g/mol. The van der Waals surface area contributed by atoms with E-state index in [-0.39, 0.29) is 5.41 Å². The third kappa shape index (κ3) is 7.02. The maximum Gasteiger partial charge on any atom is 0.0389 e. The van der Waals surface area contributed by atoms with Crippen LogP contribution in [-0.2, 0) is 5.41 Å². The van der Waals surface area contributed by atoms with Gasteiger partial charge >= 0.3 is 0 Å². The van der Waals surface area contributed by atoms with Crippen LogP contribution in [0.15, 0.2) is 28.2 Å². The first-order chi connectivity index (χ1) is 10.5. The van der Waals surface area contributed by atoms with Gasteiger partial charge in [-0.15, -0.1) is 0 Å². The van der Waals surface area contributed by atoms with E-state index in [1.165, 1.54) is 29.5 Å². The standard InChI is InChI=1S/C20H32N2/c1-6-8-10-21-15-17-12-18(16-22-11-9-7-2)14-19(13-17)20(3,4)5/h12-16H,6-11H2,1-5H3. The number of aliphatic imine (C=N–C) groups is 2. The van der Waals surface area contributed by atoms with E-state index in [4.69, 9.17) is 0 Å². The molecular weight excluding hydrogens is 268 g/mol. The molecule has 1 aromatic carbocycles. The zero-order valence-electron chi connectivity index (χ0n) is 15.0. The van der Waals surface area contributed by atoms with Crippen molar-refractivity contribution in [1.29, 1.82) is 0 Å². The normalized spacial score (nSPS) is 12.6. The summed E-state index contributed by atoms with van der Waals surface area (Å²) in [6, 6.07) is 6.68. The first-order valence-corrected chi connectivity index (χ1v) is 8.62. The van der Waals surface area contributed by atoms with Crippen molar-refractivity contribution >= 4 is 12.4 Å². The monoisotopic (exact) mass is 300 g/mol. The van der Waals surface area contributed by atoms with Crippen molar-refractivity contribution in [3.63, 3.8) is 0 Å². The highest BCUT2D eigenvalue weighted by atomic mass is 14.7. The Morgan fingerprint density at radius 3 is 1.64 bits per heavy atom. The Hall–Kier alpha value is -1.44. The highest BCUT2D eigenvalue weighted by Gasteiger charge is 2.14. The molecule has 0 N–H and O–H groups in total. The topological polar surface area (TPSA) is 24.7 Å². The van der Waals surface area contributed by atoms with Crippen molar-refractivity contribution in [2.24, 2.45) is 9.98 Å². The number of unbranched alkanes of at least 4 members (excludes halogenated alkanes) is 2. The second-order valence-electron chi connectivity index (χ2n) is 6.92. The Morgan fingerprint density at radius 1 is 0.818 bits per heavy atom. The van der Waals surface area contributed by atoms with Gasteiger partial charge in [0, 0.05) is 25.5 Å². The summed E-state index contributed by atoms with van der Waals surface area (Å²) < 4.78 is 0. The quantitative estimate of drug-likeness (QED) is 0.452. The predicted octanol–water partition coefficient (Wildman–Crippen LogP) is 5.42. The van der Waals surface area contributed by atoms with Crippen LogP contribution >= 0.6 is 0 Å². The van der Waals surface area contributed by atoms with Crippen molar-refractivity contribution in [2.75, 3.05) is 13.1 Å². The van der Waals surface area contributed by atoms with E-state index in [1.54, 1.807) is 0 Å². The molecule has 0 aromatic heterocycles. The highest BCUT2D eigenvalue weighted by molar-refractivity contribution is 5.86. The summed E-state index contributed by atoms with van der Waals surface area (Å²) in [5.74, 6) is 0. The molecule has 0 radical (unpaired) electrons. The van der Waals surface area contributed by atoms with Gasteiger partial charge < -0.3 is 0 Å². The molecule has 0 aliphatic carbocycles. The number of nitrogens with zero attached hydrogens (tertiary/aromatic N) is 2. The Morgan fingerprint density at radius 2 is 1.27 bits per heavy atom. The van der Waals surface area contributed by atoms with E-state index in [0.717, 1.165) is 25.9 Å². The highest BCUT2D eigenvalue weighted by Crippen LogP contribution is 2.24. The van der Waals surface area contributed by atoms with E-state index in [2.05, 4.69) is 62.8 Å². The van der Waals surface area contributed by atoms with Crippen LogP contribution in [0, 0.1) is 0 Å². The fraction of sp³-hybridized carbons (Fsp3) is 0.600. The minimum atomic E-state index is 0.138. The van der Waals surface area contributed by atoms with Crippen molar-refractivity contribution in [2.45, 2.75) is 65.7 Å². The molecular formula is C20H32N2. The fourth-order valence-electron chi connectivity index (χ4n) is 2.10. The van der Waals surface area contributed by atoms with Crippen LogP contribution < -0.4 is 0 Å². The second-order valence-corrected chi connectivity index (χ2v) is 6.92. The first kappa shape index (κ1) is 18.6. The molecule has 0 atom stereocenters. The number of rotatable bonds is 8. The summed E-state index contributed by atoms with van der Waals surface area (Å²) in [5.41, 5.74) is 3.84. The van der Waals surface area contributed by atoms with E-state index in [0.29, 0.717) is 0 Å². The van der Waals surface area contributed by atoms with Crippen LogP contribution in [-0.4, -0.2) is 25.5 Å². The molecule has 122 valence electrons. The molecule has 0 heterocycles. The van der Waals surface area contributed by atoms with Gasteiger partial charge in [-0.1, -0.05) is 47.5 Å². The van der Waals surface area contributed by atoms with Crippen molar-refractivity contribution < 1.29 is 0 Å². The van der Waals surface area contributed by atoms with Gasteiger partial charge in [-0.25, -0.2) is 0 Å². The van der Waals surface area contributed by atoms with Gasteiger partial charge in [0.25, 0.3) is 0 Å². The van der Waals surface area contributed by atoms with Crippen molar-refractivity contribution in [3.05, 3.63) is 34.9 Å². The van der Waals surface area contributed by atoms with Gasteiger partial charge in [-0.2, -0.15) is 0 Å². The zero-order chi connectivity index (χ0) is 16.4. The minimum Gasteiger partial charge on any atom is -0.293 e. The number of hydrogen-bond donors (Lipinski definition) is 0. The van der Waals surface area contributed by atoms with Crippen LogP contribution in [0.4, 0.5) is 0 Å². The maximum absolute atomic E-state index is 4.54. The Labute approximate surface area is 136 Å². The summed E-state index contributed by atoms with van der Waals surface area (Å²) in [4.78, 5) is 9.07. The van der Waals surface area contributed by atoms with Crippen LogP contribution in [0.3, 0.4) is 0 Å². The first-order valence-electron chi connectivity index (χ1n) is 8.62. The third-order valence-corrected chi connectivity index (χ3v) is 3.61. The van der Waals surface area contributed by atoms with E-state index < -0.39 is 0 Å². The minimum absolute atomic E-state index is 0.138. The summed E-state index contributed by atoms with van der Waals surface area (Å²) in [5, 5.41) is 0. The van der Waals surface area contributed by atoms with Gasteiger partial charge in [0.05, 0.1) is 0 Å². The summed E-state index contributed by atoms with van der Waals surface area (Å²) >= 11 is 0. The van der Waals surface area contributed by atoms with Crippen molar-refractivity contribution in [1.82, 2.24) is 0 Å². The Kier molecular flexibility index (Phi) is 8.08. The van der Waals surface area contributed by atoms with E-state index in [9.17, 15) is 0 Å². The molecule has 0 aliphatic heterocycles. The van der Waals surface area contributed by atoms with Crippen LogP contribution in [0.1, 0.15) is 77.0 Å². The smallest absolute Gasteiger partial charge is 0.0389 e. The van der Waals surface area contributed by atoms with Gasteiger partial charge in [0.1, 0.15) is 0 Å². The van der Waals surface area contributed by atoms with E-state index in [1.807, 2.05) is 12.4 Å². The molecule has 0 saturated carbocycles. The van der Waals surface area contributed by atoms with Crippen molar-refractivity contribution in [3.8, 4) is 0 Å². The molecule has 2 nitrogen and oxygen atoms in total. The number of hydrogen-bond acceptors (Lipinski definition) is 2. The zero-order valence-corrected chi connectivity index (χ0v) is 15.0. The molecule has 0 bridgehead atoms. The average Bonchev–Trinajstić information content (AvgIpc) is 2.47. The molecule has 0 spiro atoms. The Balaban J connectivity index is 2.95. The van der Waals surface area contributed by atoms with Gasteiger partial charge in [-0.05, 0) is 53.1 Å². The van der Waals surface area contributed by atoms with Gasteiger partial charge in [0.2, 0.25) is 0 Å². The second kappa shape index (κ2) is 9.55. The lowest BCUT2D eigenvalue weighted by Crippen LogP contribution is -2.12. The fourth-order valence-corrected chi connectivity index (χ4v) is 2.10. The summed E-state index contributed by atoms with van der Waals surface area (Å²) in [6.07, 6.45) is 8.70. The lowest BCUT2D eigenvalue weighted by Gasteiger charge is -2.20. The van der Waals surface area contributed by atoms with E-state index >= 15 is 0 Å². The van der Waals surface area contributed by atoms with Crippen LogP contribution in [0.2, 0.25) is 0 Å².